The van der Waals surface area contributed by atoms with E-state index < -0.39 is 58.3 Å². The van der Waals surface area contributed by atoms with Crippen LogP contribution in [0.25, 0.3) is 0 Å². The molecule has 13 heteroatoms. The molecule has 4 atom stereocenters. The average molecular weight is 591 g/mol. The SMILES string of the molecule is CC(=O)OCC1C(OC(C)=O)C(OC(C)=O)C(OC(C)=O)CN1CCCCCCN(C1CCCCC1)S(C)(=O)=O. The van der Waals surface area contributed by atoms with Crippen LogP contribution < -0.4 is 0 Å². The molecule has 1 saturated carbocycles. The third kappa shape index (κ3) is 11.3. The Hall–Kier alpha value is -2.25. The number of carbonyl (C=O) groups is 4. The molecule has 0 spiro atoms. The first-order valence-corrected chi connectivity index (χ1v) is 16.0. The van der Waals surface area contributed by atoms with Crippen molar-refractivity contribution in [3.63, 3.8) is 0 Å². The van der Waals surface area contributed by atoms with Crippen molar-refractivity contribution < 1.29 is 46.5 Å². The molecule has 0 N–H and O–H groups in total. The summed E-state index contributed by atoms with van der Waals surface area (Å²) < 4.78 is 48.2. The van der Waals surface area contributed by atoms with E-state index in [2.05, 4.69) is 0 Å². The fourth-order valence-corrected chi connectivity index (χ4v) is 6.90. The van der Waals surface area contributed by atoms with Crippen LogP contribution in [0.5, 0.6) is 0 Å². The molecule has 0 amide bonds. The van der Waals surface area contributed by atoms with Crippen LogP contribution in [0.3, 0.4) is 0 Å². The molecule has 4 unspecified atom stereocenters. The van der Waals surface area contributed by atoms with Crippen molar-refractivity contribution in [2.45, 2.75) is 116 Å². The molecule has 0 aromatic heterocycles. The minimum Gasteiger partial charge on any atom is -0.464 e. The van der Waals surface area contributed by atoms with Gasteiger partial charge in [-0.2, -0.15) is 4.31 Å². The lowest BCUT2D eigenvalue weighted by atomic mass is 9.92. The number of piperidine rings is 1. The quantitative estimate of drug-likeness (QED) is 0.167. The van der Waals surface area contributed by atoms with E-state index in [4.69, 9.17) is 18.9 Å². The predicted molar refractivity (Wildman–Crippen MR) is 146 cm³/mol. The van der Waals surface area contributed by atoms with Crippen LogP contribution in [0.1, 0.15) is 85.5 Å². The number of nitrogens with zero attached hydrogens (tertiary/aromatic N) is 2. The summed E-state index contributed by atoms with van der Waals surface area (Å²) in [7, 11) is -3.28. The molecule has 40 heavy (non-hydrogen) atoms. The Bertz CT molecular complexity index is 966. The fourth-order valence-electron chi connectivity index (χ4n) is 5.68. The zero-order chi connectivity index (χ0) is 29.9. The third-order valence-electron chi connectivity index (χ3n) is 7.31. The molecule has 0 radical (unpaired) electrons. The molecule has 2 aliphatic rings. The number of hydrogen-bond acceptors (Lipinski definition) is 11. The molecule has 230 valence electrons. The van der Waals surface area contributed by atoms with Crippen molar-refractivity contribution in [1.82, 2.24) is 9.21 Å². The van der Waals surface area contributed by atoms with Crippen LogP contribution in [0.15, 0.2) is 0 Å². The van der Waals surface area contributed by atoms with Crippen LogP contribution in [0.4, 0.5) is 0 Å². The number of rotatable bonds is 14. The first-order valence-electron chi connectivity index (χ1n) is 14.2. The van der Waals surface area contributed by atoms with Gasteiger partial charge < -0.3 is 18.9 Å². The van der Waals surface area contributed by atoms with Crippen LogP contribution in [-0.4, -0.2) is 104 Å². The summed E-state index contributed by atoms with van der Waals surface area (Å²) in [6.45, 7) is 6.03. The largest absolute Gasteiger partial charge is 0.464 e. The highest BCUT2D eigenvalue weighted by Gasteiger charge is 2.49. The number of sulfonamides is 1. The van der Waals surface area contributed by atoms with Gasteiger partial charge in [-0.25, -0.2) is 8.42 Å². The molecular formula is C27H46N2O10S. The van der Waals surface area contributed by atoms with Crippen molar-refractivity contribution in [3.05, 3.63) is 0 Å². The molecule has 0 bridgehead atoms. The normalized spacial score (nSPS) is 24.4. The van der Waals surface area contributed by atoms with Gasteiger partial charge in [-0.05, 0) is 32.2 Å². The second-order valence-electron chi connectivity index (χ2n) is 10.7. The summed E-state index contributed by atoms with van der Waals surface area (Å²) in [6, 6.07) is -0.545. The number of esters is 4. The van der Waals surface area contributed by atoms with Gasteiger partial charge in [0.15, 0.2) is 18.3 Å². The highest BCUT2D eigenvalue weighted by Crippen LogP contribution is 2.28. The van der Waals surface area contributed by atoms with Gasteiger partial charge in [0.25, 0.3) is 0 Å². The minimum atomic E-state index is -3.28. The molecule has 12 nitrogen and oxygen atoms in total. The summed E-state index contributed by atoms with van der Waals surface area (Å²) in [5, 5.41) is 0. The van der Waals surface area contributed by atoms with Crippen LogP contribution in [0.2, 0.25) is 0 Å². The standard InChI is InChI=1S/C27H46N2O10S/c1-19(30)36-18-24-26(38-21(3)32)27(39-22(4)33)25(37-20(2)31)17-28(24)15-11-6-7-12-16-29(40(5,34)35)23-13-9-8-10-14-23/h23-27H,6-18H2,1-5H3. The Labute approximate surface area is 238 Å². The average Bonchev–Trinajstić information content (AvgIpc) is 2.83. The molecule has 0 aromatic rings. The number of unbranched alkanes of at least 4 members (excludes halogenated alkanes) is 3. The van der Waals surface area contributed by atoms with Crippen molar-refractivity contribution in [2.75, 3.05) is 32.5 Å². The Morgan fingerprint density at radius 3 is 1.90 bits per heavy atom. The topological polar surface area (TPSA) is 146 Å². The fraction of sp³-hybridized carbons (Fsp3) is 0.852. The van der Waals surface area contributed by atoms with E-state index in [0.29, 0.717) is 13.1 Å². The van der Waals surface area contributed by atoms with Gasteiger partial charge in [-0.1, -0.05) is 32.1 Å². The lowest BCUT2D eigenvalue weighted by molar-refractivity contribution is -0.207. The van der Waals surface area contributed by atoms with Gasteiger partial charge in [-0.15, -0.1) is 0 Å². The van der Waals surface area contributed by atoms with E-state index in [1.54, 1.807) is 4.31 Å². The van der Waals surface area contributed by atoms with Crippen LogP contribution in [-0.2, 0) is 48.1 Å². The van der Waals surface area contributed by atoms with E-state index in [1.165, 1.54) is 34.0 Å². The van der Waals surface area contributed by atoms with E-state index in [9.17, 15) is 27.6 Å². The van der Waals surface area contributed by atoms with Crippen molar-refractivity contribution in [3.8, 4) is 0 Å². The Morgan fingerprint density at radius 2 is 1.35 bits per heavy atom. The Balaban J connectivity index is 2.07. The number of ether oxygens (including phenoxy) is 4. The number of hydrogen-bond donors (Lipinski definition) is 0. The molecular weight excluding hydrogens is 544 g/mol. The minimum absolute atomic E-state index is 0.0840. The maximum Gasteiger partial charge on any atom is 0.303 e. The van der Waals surface area contributed by atoms with Gasteiger partial charge in [0, 0.05) is 46.8 Å². The van der Waals surface area contributed by atoms with Crippen LogP contribution >= 0.6 is 0 Å². The lowest BCUT2D eigenvalue weighted by Crippen LogP contribution is -2.65. The van der Waals surface area contributed by atoms with Gasteiger partial charge in [-0.3, -0.25) is 24.1 Å². The van der Waals surface area contributed by atoms with E-state index in [1.807, 2.05) is 4.90 Å². The molecule has 1 aliphatic carbocycles. The predicted octanol–water partition coefficient (Wildman–Crippen LogP) is 2.18. The zero-order valence-corrected chi connectivity index (χ0v) is 25.3. The number of carbonyl (C=O) groups excluding carboxylic acids is 4. The third-order valence-corrected chi connectivity index (χ3v) is 8.65. The Morgan fingerprint density at radius 1 is 0.775 bits per heavy atom. The lowest BCUT2D eigenvalue weighted by Gasteiger charge is -2.46. The second-order valence-corrected chi connectivity index (χ2v) is 12.7. The van der Waals surface area contributed by atoms with Crippen molar-refractivity contribution >= 4 is 33.9 Å². The zero-order valence-electron chi connectivity index (χ0n) is 24.5. The molecule has 1 aliphatic heterocycles. The highest BCUT2D eigenvalue weighted by molar-refractivity contribution is 7.88. The van der Waals surface area contributed by atoms with Gasteiger partial charge >= 0.3 is 23.9 Å². The Kier molecular flexibility index (Phi) is 13.8. The smallest absolute Gasteiger partial charge is 0.303 e. The second kappa shape index (κ2) is 16.3. The molecule has 1 heterocycles. The first-order chi connectivity index (χ1) is 18.8. The molecule has 2 rings (SSSR count). The van der Waals surface area contributed by atoms with Crippen molar-refractivity contribution in [1.29, 1.82) is 0 Å². The monoisotopic (exact) mass is 590 g/mol. The van der Waals surface area contributed by atoms with E-state index in [-0.39, 0.29) is 19.2 Å². The van der Waals surface area contributed by atoms with Crippen molar-refractivity contribution in [2.24, 2.45) is 0 Å². The first kappa shape index (κ1) is 34.0. The molecule has 1 saturated heterocycles. The summed E-state index contributed by atoms with van der Waals surface area (Å²) in [6.07, 6.45) is 6.47. The van der Waals surface area contributed by atoms with E-state index in [0.717, 1.165) is 57.8 Å². The molecule has 2 fully saturated rings. The number of likely N-dealkylation sites (tertiary alicyclic amines) is 1. The summed E-state index contributed by atoms with van der Waals surface area (Å²) >= 11 is 0. The van der Waals surface area contributed by atoms with Gasteiger partial charge in [0.1, 0.15) is 6.61 Å². The maximum atomic E-state index is 12.4. The maximum absolute atomic E-state index is 12.4. The summed E-state index contributed by atoms with van der Waals surface area (Å²) in [5.41, 5.74) is 0. The highest BCUT2D eigenvalue weighted by atomic mass is 32.2. The van der Waals surface area contributed by atoms with E-state index >= 15 is 0 Å². The summed E-state index contributed by atoms with van der Waals surface area (Å²) in [5.74, 6) is -2.33. The van der Waals surface area contributed by atoms with Gasteiger partial charge in [0.05, 0.1) is 12.3 Å². The molecule has 0 aromatic carbocycles. The summed E-state index contributed by atoms with van der Waals surface area (Å²) in [4.78, 5) is 49.2. The van der Waals surface area contributed by atoms with Gasteiger partial charge in [0.2, 0.25) is 10.0 Å². The van der Waals surface area contributed by atoms with Crippen LogP contribution in [0, 0.1) is 0 Å².